The topological polar surface area (TPSA) is 112 Å². The largest absolute Gasteiger partial charge is 0.468 e. The van der Waals surface area contributed by atoms with Gasteiger partial charge in [-0.25, -0.2) is 28.5 Å². The summed E-state index contributed by atoms with van der Waals surface area (Å²) in [5.74, 6) is 0.619. The molecule has 3 N–H and O–H groups in total. The van der Waals surface area contributed by atoms with Crippen LogP contribution in [0.15, 0.2) is 30.6 Å². The fourth-order valence-corrected chi connectivity index (χ4v) is 3.78. The molecule has 0 spiro atoms. The van der Waals surface area contributed by atoms with E-state index in [4.69, 9.17) is 15.2 Å². The lowest BCUT2D eigenvalue weighted by Gasteiger charge is -2.30. The molecule has 8 nitrogen and oxygen atoms in total. The number of nitrogens with zero attached hydrogens (tertiary/aromatic N) is 3. The number of nitrogens with one attached hydrogen (secondary N) is 1. The molecule has 3 aromatic rings. The van der Waals surface area contributed by atoms with Crippen LogP contribution in [0.5, 0.6) is 5.88 Å². The number of alkyl halides is 2. The molecule has 0 radical (unpaired) electrons. The molecule has 180 valence electrons. The van der Waals surface area contributed by atoms with Gasteiger partial charge in [-0.2, -0.15) is 0 Å². The van der Waals surface area contributed by atoms with Crippen molar-refractivity contribution >= 4 is 28.4 Å². The maximum Gasteiger partial charge on any atom is 0.340 e. The van der Waals surface area contributed by atoms with Crippen molar-refractivity contribution in [1.29, 1.82) is 0 Å². The second kappa shape index (κ2) is 8.43. The highest BCUT2D eigenvalue weighted by molar-refractivity contribution is 5.93. The number of carbonyl (C=O) groups excluding carboxylic acids is 1. The standard InChI is InChI=1S/C24H27F2N5O3/c1-12(20(25)26)33-21-15-10-28-19(8-14(15)16(11-29-21)24(4,5)27)31-18-7-6-13-17(30-18)9-23(2,3)34-22(13)32/h6-8,10-12,20H,9,27H2,1-5H3,(H,28,30,31)/t12-/m1/s1. The number of halogens is 2. The van der Waals surface area contributed by atoms with Crippen molar-refractivity contribution in [2.75, 3.05) is 5.32 Å². The second-order valence-corrected chi connectivity index (χ2v) is 9.61. The van der Waals surface area contributed by atoms with Crippen molar-refractivity contribution in [3.63, 3.8) is 0 Å². The van der Waals surface area contributed by atoms with Gasteiger partial charge in [-0.1, -0.05) is 0 Å². The molecule has 0 saturated carbocycles. The quantitative estimate of drug-likeness (QED) is 0.506. The molecule has 0 bridgehead atoms. The van der Waals surface area contributed by atoms with E-state index in [1.807, 2.05) is 27.7 Å². The lowest BCUT2D eigenvalue weighted by molar-refractivity contribution is -0.00714. The molecule has 34 heavy (non-hydrogen) atoms. The average Bonchev–Trinajstić information content (AvgIpc) is 2.71. The van der Waals surface area contributed by atoms with Crippen LogP contribution in [-0.4, -0.2) is 39.1 Å². The molecule has 0 amide bonds. The first-order valence-electron chi connectivity index (χ1n) is 10.9. The van der Waals surface area contributed by atoms with Gasteiger partial charge in [-0.3, -0.25) is 0 Å². The molecular formula is C24H27F2N5O3. The number of pyridine rings is 3. The summed E-state index contributed by atoms with van der Waals surface area (Å²) in [6.07, 6.45) is -0.472. The molecular weight excluding hydrogens is 444 g/mol. The number of hydrogen-bond acceptors (Lipinski definition) is 8. The number of aromatic nitrogens is 3. The minimum atomic E-state index is -2.66. The molecule has 0 saturated heterocycles. The van der Waals surface area contributed by atoms with Gasteiger partial charge in [0.1, 0.15) is 17.2 Å². The van der Waals surface area contributed by atoms with Crippen LogP contribution in [-0.2, 0) is 16.7 Å². The zero-order valence-electron chi connectivity index (χ0n) is 19.6. The average molecular weight is 472 g/mol. The number of esters is 1. The third-order valence-electron chi connectivity index (χ3n) is 5.49. The van der Waals surface area contributed by atoms with Crippen molar-refractivity contribution < 1.29 is 23.0 Å². The number of hydrogen-bond donors (Lipinski definition) is 2. The van der Waals surface area contributed by atoms with Crippen LogP contribution in [0.1, 0.15) is 56.2 Å². The fraction of sp³-hybridized carbons (Fsp3) is 0.417. The maximum absolute atomic E-state index is 13.0. The molecule has 0 unspecified atom stereocenters. The van der Waals surface area contributed by atoms with Crippen LogP contribution in [0.25, 0.3) is 10.8 Å². The normalized spacial score (nSPS) is 16.2. The van der Waals surface area contributed by atoms with Crippen molar-refractivity contribution in [2.24, 2.45) is 5.73 Å². The van der Waals surface area contributed by atoms with Crippen LogP contribution >= 0.6 is 0 Å². The van der Waals surface area contributed by atoms with E-state index in [0.717, 1.165) is 0 Å². The van der Waals surface area contributed by atoms with Crippen LogP contribution in [0.4, 0.5) is 20.4 Å². The van der Waals surface area contributed by atoms with Gasteiger partial charge in [-0.15, -0.1) is 0 Å². The summed E-state index contributed by atoms with van der Waals surface area (Å²) in [5.41, 5.74) is 6.72. The maximum atomic E-state index is 13.0. The summed E-state index contributed by atoms with van der Waals surface area (Å²) in [6.45, 7) is 8.59. The number of carbonyl (C=O) groups is 1. The van der Waals surface area contributed by atoms with E-state index in [2.05, 4.69) is 20.3 Å². The summed E-state index contributed by atoms with van der Waals surface area (Å²) < 4.78 is 36.9. The first kappa shape index (κ1) is 23.7. The van der Waals surface area contributed by atoms with Gasteiger partial charge in [0.2, 0.25) is 5.88 Å². The lowest BCUT2D eigenvalue weighted by atomic mass is 9.93. The number of ether oxygens (including phenoxy) is 2. The molecule has 4 rings (SSSR count). The number of nitrogens with two attached hydrogens (primary N) is 1. The Labute approximate surface area is 195 Å². The highest BCUT2D eigenvalue weighted by Gasteiger charge is 2.33. The SMILES string of the molecule is C[C@@H](Oc1ncc(C(C)(C)N)c2cc(Nc3ccc4c(n3)CC(C)(C)OC4=O)ncc12)C(F)F. The molecule has 4 heterocycles. The van der Waals surface area contributed by atoms with E-state index >= 15 is 0 Å². The Kier molecular flexibility index (Phi) is 5.89. The lowest BCUT2D eigenvalue weighted by Crippen LogP contribution is -2.36. The summed E-state index contributed by atoms with van der Waals surface area (Å²) in [6, 6.07) is 5.09. The predicted octanol–water partition coefficient (Wildman–Crippen LogP) is 4.49. The van der Waals surface area contributed by atoms with E-state index in [0.29, 0.717) is 45.6 Å². The molecule has 1 aliphatic rings. The molecule has 0 aromatic carbocycles. The van der Waals surface area contributed by atoms with Crippen LogP contribution in [0.3, 0.4) is 0 Å². The summed E-state index contributed by atoms with van der Waals surface area (Å²) in [4.78, 5) is 25.4. The van der Waals surface area contributed by atoms with E-state index in [1.165, 1.54) is 19.3 Å². The van der Waals surface area contributed by atoms with Gasteiger partial charge in [0.25, 0.3) is 6.43 Å². The molecule has 0 aliphatic carbocycles. The van der Waals surface area contributed by atoms with Gasteiger partial charge >= 0.3 is 5.97 Å². The Balaban J connectivity index is 1.73. The van der Waals surface area contributed by atoms with Gasteiger partial charge < -0.3 is 20.5 Å². The van der Waals surface area contributed by atoms with Gasteiger partial charge in [0.05, 0.1) is 16.6 Å². The summed E-state index contributed by atoms with van der Waals surface area (Å²) in [7, 11) is 0. The van der Waals surface area contributed by atoms with E-state index in [-0.39, 0.29) is 5.88 Å². The predicted molar refractivity (Wildman–Crippen MR) is 124 cm³/mol. The van der Waals surface area contributed by atoms with Gasteiger partial charge in [0, 0.05) is 24.4 Å². The number of anilines is 2. The Morgan fingerprint density at radius 3 is 2.59 bits per heavy atom. The Hall–Kier alpha value is -3.40. The van der Waals surface area contributed by atoms with E-state index in [9.17, 15) is 13.6 Å². The van der Waals surface area contributed by atoms with Crippen molar-refractivity contribution in [3.05, 3.63) is 47.4 Å². The number of fused-ring (bicyclic) bond motifs is 2. The number of cyclic esters (lactones) is 1. The second-order valence-electron chi connectivity index (χ2n) is 9.61. The zero-order valence-corrected chi connectivity index (χ0v) is 19.6. The summed E-state index contributed by atoms with van der Waals surface area (Å²) in [5, 5.41) is 4.28. The molecule has 10 heteroatoms. The molecule has 0 fully saturated rings. The number of rotatable bonds is 6. The van der Waals surface area contributed by atoms with Crippen LogP contribution in [0.2, 0.25) is 0 Å². The third kappa shape index (κ3) is 4.77. The Morgan fingerprint density at radius 2 is 1.91 bits per heavy atom. The van der Waals surface area contributed by atoms with Crippen molar-refractivity contribution in [2.45, 2.75) is 64.7 Å². The first-order chi connectivity index (χ1) is 15.8. The Bertz CT molecular complexity index is 1260. The molecule has 3 aromatic heterocycles. The monoisotopic (exact) mass is 471 g/mol. The highest BCUT2D eigenvalue weighted by Crippen LogP contribution is 2.34. The van der Waals surface area contributed by atoms with Crippen molar-refractivity contribution in [1.82, 2.24) is 15.0 Å². The van der Waals surface area contributed by atoms with Gasteiger partial charge in [-0.05, 0) is 63.8 Å². The van der Waals surface area contributed by atoms with Crippen LogP contribution in [0, 0.1) is 0 Å². The fourth-order valence-electron chi connectivity index (χ4n) is 3.78. The Morgan fingerprint density at radius 1 is 1.18 bits per heavy atom. The van der Waals surface area contributed by atoms with Crippen LogP contribution < -0.4 is 15.8 Å². The van der Waals surface area contributed by atoms with E-state index < -0.39 is 29.6 Å². The smallest absolute Gasteiger partial charge is 0.340 e. The first-order valence-corrected chi connectivity index (χ1v) is 10.9. The third-order valence-corrected chi connectivity index (χ3v) is 5.49. The van der Waals surface area contributed by atoms with Crippen molar-refractivity contribution in [3.8, 4) is 5.88 Å². The summed E-state index contributed by atoms with van der Waals surface area (Å²) >= 11 is 0. The van der Waals surface area contributed by atoms with Gasteiger partial charge in [0.15, 0.2) is 6.10 Å². The minimum absolute atomic E-state index is 0.0579. The molecule has 1 atom stereocenters. The van der Waals surface area contributed by atoms with E-state index in [1.54, 1.807) is 18.2 Å². The highest BCUT2D eigenvalue weighted by atomic mass is 19.3. The zero-order chi connectivity index (χ0) is 24.8. The minimum Gasteiger partial charge on any atom is -0.468 e. The molecule has 1 aliphatic heterocycles.